The largest absolute Gasteiger partial charge is 0.496 e. The second-order valence-corrected chi connectivity index (χ2v) is 2.24. The Morgan fingerprint density at radius 3 is 2.50 bits per heavy atom. The lowest BCUT2D eigenvalue weighted by Gasteiger charge is -2.03. The number of allylic oxidation sites excluding steroid dienone is 1. The van der Waals surface area contributed by atoms with Crippen LogP contribution in [0.15, 0.2) is 36.4 Å². The molecule has 0 atom stereocenters. The summed E-state index contributed by atoms with van der Waals surface area (Å²) in [6.07, 6.45) is 2.11. The Balaban J connectivity index is 2.95. The minimum absolute atomic E-state index is 0.589. The van der Waals surface area contributed by atoms with Crippen LogP contribution < -0.4 is 0 Å². The zero-order valence-corrected chi connectivity index (χ0v) is 6.86. The molecule has 1 rings (SSSR count). The molecule has 0 radical (unpaired) electrons. The number of benzene rings is 1. The van der Waals surface area contributed by atoms with Gasteiger partial charge in [-0.1, -0.05) is 30.3 Å². The van der Waals surface area contributed by atoms with Crippen molar-refractivity contribution in [2.45, 2.75) is 0 Å². The molecule has 0 fully saturated rings. The molecule has 0 saturated carbocycles. The molecule has 0 unspecified atom stereocenters. The van der Waals surface area contributed by atoms with Gasteiger partial charge in [-0.3, -0.25) is 4.79 Å². The van der Waals surface area contributed by atoms with Crippen molar-refractivity contribution in [3.63, 3.8) is 0 Å². The summed E-state index contributed by atoms with van der Waals surface area (Å²) in [5.74, 6) is 0.589. The summed E-state index contributed by atoms with van der Waals surface area (Å²) in [4.78, 5) is 10.2. The molecule has 0 aliphatic heterocycles. The first-order valence-corrected chi connectivity index (χ1v) is 3.63. The molecule has 62 valence electrons. The van der Waals surface area contributed by atoms with Gasteiger partial charge in [-0.15, -0.1) is 0 Å². The van der Waals surface area contributed by atoms with Crippen molar-refractivity contribution in [2.24, 2.45) is 0 Å². The standard InChI is InChI=1S/C10H10O2/c1-12-10(7-8-11)9-5-3-2-4-6-9/h2-8H,1H3/b10-7-. The zero-order chi connectivity index (χ0) is 8.81. The molecular weight excluding hydrogens is 152 g/mol. The Bertz CT molecular complexity index is 275. The SMILES string of the molecule is CO/C(=C\C=O)c1ccccc1. The van der Waals surface area contributed by atoms with Crippen LogP contribution in [0.3, 0.4) is 0 Å². The highest BCUT2D eigenvalue weighted by atomic mass is 16.5. The molecule has 0 aliphatic carbocycles. The number of methoxy groups -OCH3 is 1. The average Bonchev–Trinajstić information content (AvgIpc) is 2.15. The fourth-order valence-electron chi connectivity index (χ4n) is 0.946. The third-order valence-corrected chi connectivity index (χ3v) is 1.50. The Morgan fingerprint density at radius 2 is 2.00 bits per heavy atom. The van der Waals surface area contributed by atoms with Gasteiger partial charge in [0.05, 0.1) is 7.11 Å². The van der Waals surface area contributed by atoms with Gasteiger partial charge in [0.1, 0.15) is 12.0 Å². The lowest BCUT2D eigenvalue weighted by molar-refractivity contribution is -0.104. The first-order chi connectivity index (χ1) is 5.88. The van der Waals surface area contributed by atoms with Crippen LogP contribution in [0, 0.1) is 0 Å². The monoisotopic (exact) mass is 162 g/mol. The van der Waals surface area contributed by atoms with Gasteiger partial charge in [-0.05, 0) is 0 Å². The van der Waals surface area contributed by atoms with E-state index in [1.165, 1.54) is 6.08 Å². The van der Waals surface area contributed by atoms with E-state index in [9.17, 15) is 4.79 Å². The molecule has 1 aromatic carbocycles. The third kappa shape index (κ3) is 1.95. The zero-order valence-electron chi connectivity index (χ0n) is 6.86. The number of ether oxygens (including phenoxy) is 1. The van der Waals surface area contributed by atoms with E-state index < -0.39 is 0 Å². The fraction of sp³-hybridized carbons (Fsp3) is 0.100. The summed E-state index contributed by atoms with van der Waals surface area (Å²) in [7, 11) is 1.54. The molecule has 12 heavy (non-hydrogen) atoms. The lowest BCUT2D eigenvalue weighted by atomic mass is 10.2. The highest BCUT2D eigenvalue weighted by Gasteiger charge is 1.97. The van der Waals surface area contributed by atoms with E-state index >= 15 is 0 Å². The minimum Gasteiger partial charge on any atom is -0.496 e. The van der Waals surface area contributed by atoms with Crippen molar-refractivity contribution in [1.29, 1.82) is 0 Å². The average molecular weight is 162 g/mol. The number of hydrogen-bond donors (Lipinski definition) is 0. The summed E-state index contributed by atoms with van der Waals surface area (Å²) < 4.78 is 5.01. The van der Waals surface area contributed by atoms with Crippen LogP contribution in [0.4, 0.5) is 0 Å². The van der Waals surface area contributed by atoms with E-state index in [0.29, 0.717) is 12.0 Å². The van der Waals surface area contributed by atoms with Crippen LogP contribution in [-0.2, 0) is 9.53 Å². The van der Waals surface area contributed by atoms with Crippen molar-refractivity contribution in [3.05, 3.63) is 42.0 Å². The Hall–Kier alpha value is -1.57. The molecule has 1 aromatic rings. The fourth-order valence-corrected chi connectivity index (χ4v) is 0.946. The van der Waals surface area contributed by atoms with Crippen LogP contribution in [0.5, 0.6) is 0 Å². The smallest absolute Gasteiger partial charge is 0.146 e. The van der Waals surface area contributed by atoms with Crippen molar-refractivity contribution in [1.82, 2.24) is 0 Å². The molecular formula is C10H10O2. The maximum atomic E-state index is 10.2. The molecule has 0 amide bonds. The maximum Gasteiger partial charge on any atom is 0.146 e. The van der Waals surface area contributed by atoms with Gasteiger partial charge in [-0.25, -0.2) is 0 Å². The molecule has 0 spiro atoms. The highest BCUT2D eigenvalue weighted by molar-refractivity contribution is 5.78. The molecule has 0 heterocycles. The normalized spacial score (nSPS) is 10.9. The van der Waals surface area contributed by atoms with Crippen LogP contribution in [0.1, 0.15) is 5.56 Å². The Labute approximate surface area is 71.5 Å². The van der Waals surface area contributed by atoms with E-state index in [4.69, 9.17) is 4.74 Å². The summed E-state index contributed by atoms with van der Waals surface area (Å²) >= 11 is 0. The van der Waals surface area contributed by atoms with Gasteiger partial charge in [0.2, 0.25) is 0 Å². The van der Waals surface area contributed by atoms with E-state index in [1.54, 1.807) is 7.11 Å². The van der Waals surface area contributed by atoms with Crippen LogP contribution >= 0.6 is 0 Å². The van der Waals surface area contributed by atoms with Crippen molar-refractivity contribution < 1.29 is 9.53 Å². The highest BCUT2D eigenvalue weighted by Crippen LogP contribution is 2.12. The molecule has 2 heteroatoms. The van der Waals surface area contributed by atoms with Gasteiger partial charge >= 0.3 is 0 Å². The van der Waals surface area contributed by atoms with Crippen molar-refractivity contribution >= 4 is 12.0 Å². The first-order valence-electron chi connectivity index (χ1n) is 3.63. The topological polar surface area (TPSA) is 26.3 Å². The van der Waals surface area contributed by atoms with Crippen LogP contribution in [0.25, 0.3) is 5.76 Å². The number of carbonyl (C=O) groups is 1. The van der Waals surface area contributed by atoms with Gasteiger partial charge in [0.25, 0.3) is 0 Å². The minimum atomic E-state index is 0.589. The van der Waals surface area contributed by atoms with Crippen LogP contribution in [-0.4, -0.2) is 13.4 Å². The Kier molecular flexibility index (Phi) is 3.08. The molecule has 2 nitrogen and oxygen atoms in total. The lowest BCUT2D eigenvalue weighted by Crippen LogP contribution is -1.86. The Morgan fingerprint density at radius 1 is 1.33 bits per heavy atom. The van der Waals surface area contributed by atoms with E-state index in [-0.39, 0.29) is 0 Å². The third-order valence-electron chi connectivity index (χ3n) is 1.50. The summed E-state index contributed by atoms with van der Waals surface area (Å²) in [5, 5.41) is 0. The molecule has 0 bridgehead atoms. The molecule has 0 saturated heterocycles. The molecule has 0 aliphatic rings. The van der Waals surface area contributed by atoms with E-state index in [1.807, 2.05) is 30.3 Å². The van der Waals surface area contributed by atoms with Gasteiger partial charge in [-0.2, -0.15) is 0 Å². The van der Waals surface area contributed by atoms with Gasteiger partial charge in [0, 0.05) is 11.6 Å². The summed E-state index contributed by atoms with van der Waals surface area (Å²) in [6, 6.07) is 9.48. The van der Waals surface area contributed by atoms with Crippen molar-refractivity contribution in [2.75, 3.05) is 7.11 Å². The summed E-state index contributed by atoms with van der Waals surface area (Å²) in [6.45, 7) is 0. The quantitative estimate of drug-likeness (QED) is 0.385. The number of hydrogen-bond acceptors (Lipinski definition) is 2. The number of rotatable bonds is 3. The first kappa shape index (κ1) is 8.53. The molecule has 0 N–H and O–H groups in total. The molecule has 0 aromatic heterocycles. The van der Waals surface area contributed by atoms with Crippen LogP contribution in [0.2, 0.25) is 0 Å². The van der Waals surface area contributed by atoms with Crippen molar-refractivity contribution in [3.8, 4) is 0 Å². The van der Waals surface area contributed by atoms with E-state index in [2.05, 4.69) is 0 Å². The van der Waals surface area contributed by atoms with Gasteiger partial charge < -0.3 is 4.74 Å². The second-order valence-electron chi connectivity index (χ2n) is 2.24. The predicted molar refractivity (Wildman–Crippen MR) is 47.5 cm³/mol. The van der Waals surface area contributed by atoms with E-state index in [0.717, 1.165) is 5.56 Å². The van der Waals surface area contributed by atoms with Gasteiger partial charge in [0.15, 0.2) is 0 Å². The maximum absolute atomic E-state index is 10.2. The summed E-state index contributed by atoms with van der Waals surface area (Å²) in [5.41, 5.74) is 0.909. The predicted octanol–water partition coefficient (Wildman–Crippen LogP) is 1.87. The second kappa shape index (κ2) is 4.34. The number of aldehydes is 1. The number of carbonyl (C=O) groups excluding carboxylic acids is 1.